The number of methoxy groups -OCH3 is 1. The van der Waals surface area contributed by atoms with Gasteiger partial charge in [0.25, 0.3) is 0 Å². The molecule has 0 aromatic heterocycles. The van der Waals surface area contributed by atoms with Crippen LogP contribution < -0.4 is 0 Å². The second-order valence-corrected chi connectivity index (χ2v) is 5.91. The number of carbonyl (C=O) groups excluding carboxylic acids is 3. The number of piperidine rings is 1. The second kappa shape index (κ2) is 7.16. The first-order valence-corrected chi connectivity index (χ1v) is 6.92. The Hall–Kier alpha value is -2.23. The molecule has 0 aromatic rings. The average Bonchev–Trinajstić information content (AvgIpc) is 2.44. The maximum Gasteiger partial charge on any atom is 0.509 e. The van der Waals surface area contributed by atoms with Gasteiger partial charge in [-0.25, -0.2) is 9.59 Å². The van der Waals surface area contributed by atoms with E-state index in [2.05, 4.69) is 16.6 Å². The Morgan fingerprint density at radius 2 is 1.82 bits per heavy atom. The minimum atomic E-state index is -1.12. The van der Waals surface area contributed by atoms with Crippen molar-refractivity contribution in [2.24, 2.45) is 0 Å². The summed E-state index contributed by atoms with van der Waals surface area (Å²) in [6, 6.07) is 0. The van der Waals surface area contributed by atoms with E-state index in [9.17, 15) is 14.4 Å². The van der Waals surface area contributed by atoms with Gasteiger partial charge >= 0.3 is 12.2 Å². The van der Waals surface area contributed by atoms with Crippen molar-refractivity contribution in [1.29, 1.82) is 0 Å². The molecule has 1 amide bonds. The van der Waals surface area contributed by atoms with Gasteiger partial charge < -0.3 is 19.1 Å². The second-order valence-electron chi connectivity index (χ2n) is 5.91. The van der Waals surface area contributed by atoms with Gasteiger partial charge in [-0.2, -0.15) is 0 Å². The van der Waals surface area contributed by atoms with Gasteiger partial charge in [0.05, 0.1) is 7.11 Å². The van der Waals surface area contributed by atoms with Gasteiger partial charge in [-0.1, -0.05) is 0 Å². The molecule has 1 aliphatic rings. The Balaban J connectivity index is 2.74. The van der Waals surface area contributed by atoms with Crippen LogP contribution in [-0.4, -0.2) is 54.8 Å². The van der Waals surface area contributed by atoms with Gasteiger partial charge in [0.15, 0.2) is 11.9 Å². The Kier molecular flexibility index (Phi) is 5.80. The first kappa shape index (κ1) is 17.8. The van der Waals surface area contributed by atoms with Crippen molar-refractivity contribution in [2.45, 2.75) is 44.8 Å². The third-order valence-electron chi connectivity index (χ3n) is 3.03. The van der Waals surface area contributed by atoms with E-state index < -0.39 is 23.5 Å². The van der Waals surface area contributed by atoms with Crippen LogP contribution in [0.5, 0.6) is 0 Å². The molecule has 122 valence electrons. The molecular formula is C15H21NO6. The van der Waals surface area contributed by atoms with Crippen molar-refractivity contribution < 1.29 is 28.6 Å². The summed E-state index contributed by atoms with van der Waals surface area (Å²) in [5.41, 5.74) is -1.70. The van der Waals surface area contributed by atoms with Crippen LogP contribution in [0, 0.1) is 11.8 Å². The number of carbonyl (C=O) groups is 3. The van der Waals surface area contributed by atoms with Gasteiger partial charge in [-0.15, -0.1) is 0 Å². The molecular weight excluding hydrogens is 290 g/mol. The molecule has 0 N–H and O–H groups in total. The van der Waals surface area contributed by atoms with Gasteiger partial charge in [0.2, 0.25) is 0 Å². The van der Waals surface area contributed by atoms with E-state index in [1.807, 2.05) is 0 Å². The molecule has 0 aromatic carbocycles. The summed E-state index contributed by atoms with van der Waals surface area (Å²) in [4.78, 5) is 35.3. The van der Waals surface area contributed by atoms with Crippen LogP contribution in [0.4, 0.5) is 9.59 Å². The Bertz CT molecular complexity index is 488. The molecule has 0 atom stereocenters. The van der Waals surface area contributed by atoms with Crippen LogP contribution in [0.3, 0.4) is 0 Å². The molecule has 7 heteroatoms. The van der Waals surface area contributed by atoms with Crippen LogP contribution in [0.2, 0.25) is 0 Å². The lowest BCUT2D eigenvalue weighted by molar-refractivity contribution is -0.103. The molecule has 1 rings (SSSR count). The smallest absolute Gasteiger partial charge is 0.444 e. The fourth-order valence-electron chi connectivity index (χ4n) is 1.99. The standard InChI is InChI=1S/C15H21NO6/c1-14(2,3)21-12(18)16-9-7-15(8-10-16,6-5-11-17)22-13(19)20-4/h11H,7-10H2,1-4H3. The molecule has 7 nitrogen and oxygen atoms in total. The molecule has 1 aliphatic heterocycles. The number of amides is 1. The molecule has 1 saturated heterocycles. The summed E-state index contributed by atoms with van der Waals surface area (Å²) in [5.74, 6) is 4.91. The molecule has 22 heavy (non-hydrogen) atoms. The first-order chi connectivity index (χ1) is 10.2. The molecule has 0 unspecified atom stereocenters. The minimum Gasteiger partial charge on any atom is -0.444 e. The quantitative estimate of drug-likeness (QED) is 0.417. The van der Waals surface area contributed by atoms with Gasteiger partial charge in [-0.3, -0.25) is 4.79 Å². The Morgan fingerprint density at radius 1 is 1.23 bits per heavy atom. The highest BCUT2D eigenvalue weighted by Crippen LogP contribution is 2.27. The van der Waals surface area contributed by atoms with E-state index in [4.69, 9.17) is 9.47 Å². The van der Waals surface area contributed by atoms with Crippen molar-refractivity contribution in [3.63, 3.8) is 0 Å². The topological polar surface area (TPSA) is 82.1 Å². The third kappa shape index (κ3) is 5.28. The summed E-state index contributed by atoms with van der Waals surface area (Å²) in [7, 11) is 1.19. The van der Waals surface area contributed by atoms with Crippen molar-refractivity contribution in [1.82, 2.24) is 4.90 Å². The maximum absolute atomic E-state index is 12.0. The molecule has 0 saturated carbocycles. The molecule has 1 fully saturated rings. The summed E-state index contributed by atoms with van der Waals surface area (Å²) < 4.78 is 15.0. The van der Waals surface area contributed by atoms with Gasteiger partial charge in [0, 0.05) is 25.9 Å². The predicted octanol–water partition coefficient (Wildman–Crippen LogP) is 1.74. The number of likely N-dealkylation sites (tertiary alicyclic amines) is 1. The zero-order valence-electron chi connectivity index (χ0n) is 13.3. The van der Waals surface area contributed by atoms with Crippen molar-refractivity contribution in [3.05, 3.63) is 0 Å². The van der Waals surface area contributed by atoms with Gasteiger partial charge in [0.1, 0.15) is 5.60 Å². The molecule has 0 bridgehead atoms. The van der Waals surface area contributed by atoms with Crippen molar-refractivity contribution in [3.8, 4) is 11.8 Å². The minimum absolute atomic E-state index is 0.280. The fourth-order valence-corrected chi connectivity index (χ4v) is 1.99. The summed E-state index contributed by atoms with van der Waals surface area (Å²) in [5, 5.41) is 0. The number of nitrogens with zero attached hydrogens (tertiary/aromatic N) is 1. The average molecular weight is 311 g/mol. The Morgan fingerprint density at radius 3 is 2.27 bits per heavy atom. The van der Waals surface area contributed by atoms with E-state index in [-0.39, 0.29) is 12.8 Å². The number of hydrogen-bond acceptors (Lipinski definition) is 6. The lowest BCUT2D eigenvalue weighted by Gasteiger charge is -2.37. The number of ether oxygens (including phenoxy) is 3. The molecule has 0 spiro atoms. The van der Waals surface area contributed by atoms with Crippen molar-refractivity contribution >= 4 is 18.5 Å². The highest BCUT2D eigenvalue weighted by molar-refractivity contribution is 5.73. The zero-order chi connectivity index (χ0) is 16.8. The largest absolute Gasteiger partial charge is 0.509 e. The normalized spacial score (nSPS) is 16.8. The SMILES string of the molecule is COC(=O)OC1(C#CC=O)CCN(C(=O)OC(C)(C)C)CC1. The highest BCUT2D eigenvalue weighted by atomic mass is 16.7. The summed E-state index contributed by atoms with van der Waals surface area (Å²) in [6.45, 7) is 5.97. The molecule has 0 aliphatic carbocycles. The maximum atomic E-state index is 12.0. The van der Waals surface area contributed by atoms with Crippen LogP contribution in [-0.2, 0) is 19.0 Å². The predicted molar refractivity (Wildman–Crippen MR) is 77.1 cm³/mol. The Labute approximate surface area is 129 Å². The fraction of sp³-hybridized carbons (Fsp3) is 0.667. The molecule has 1 heterocycles. The van der Waals surface area contributed by atoms with Gasteiger partial charge in [-0.05, 0) is 32.6 Å². The number of rotatable bonds is 1. The van der Waals surface area contributed by atoms with E-state index in [1.165, 1.54) is 12.0 Å². The highest BCUT2D eigenvalue weighted by Gasteiger charge is 2.39. The van der Waals surface area contributed by atoms with Crippen LogP contribution in [0.1, 0.15) is 33.6 Å². The lowest BCUT2D eigenvalue weighted by Crippen LogP contribution is -2.49. The van der Waals surface area contributed by atoms with Crippen LogP contribution >= 0.6 is 0 Å². The van der Waals surface area contributed by atoms with E-state index in [0.29, 0.717) is 19.4 Å². The van der Waals surface area contributed by atoms with Crippen LogP contribution in [0.25, 0.3) is 0 Å². The number of aldehydes is 1. The lowest BCUT2D eigenvalue weighted by atomic mass is 9.92. The zero-order valence-corrected chi connectivity index (χ0v) is 13.3. The summed E-state index contributed by atoms with van der Waals surface area (Å²) >= 11 is 0. The number of hydrogen-bond donors (Lipinski definition) is 0. The van der Waals surface area contributed by atoms with E-state index >= 15 is 0 Å². The van der Waals surface area contributed by atoms with Crippen molar-refractivity contribution in [2.75, 3.05) is 20.2 Å². The van der Waals surface area contributed by atoms with E-state index in [1.54, 1.807) is 20.8 Å². The molecule has 0 radical (unpaired) electrons. The monoisotopic (exact) mass is 311 g/mol. The first-order valence-electron chi connectivity index (χ1n) is 6.92. The van der Waals surface area contributed by atoms with Crippen LogP contribution in [0.15, 0.2) is 0 Å². The van der Waals surface area contributed by atoms with E-state index in [0.717, 1.165) is 0 Å². The summed E-state index contributed by atoms with van der Waals surface area (Å²) in [6.07, 6.45) is -0.305. The third-order valence-corrected chi connectivity index (χ3v) is 3.03.